The topological polar surface area (TPSA) is 106 Å². The molecule has 0 aliphatic carbocycles. The lowest BCUT2D eigenvalue weighted by Crippen LogP contribution is -2.31. The van der Waals surface area contributed by atoms with Gasteiger partial charge in [0.25, 0.3) is 11.8 Å². The molecule has 0 bridgehead atoms. The van der Waals surface area contributed by atoms with Crippen molar-refractivity contribution < 1.29 is 19.5 Å². The minimum absolute atomic E-state index is 0.0829. The Morgan fingerprint density at radius 3 is 2.58 bits per heavy atom. The largest absolute Gasteiger partial charge is 0.478 e. The molecule has 0 saturated carbocycles. The number of aromatic carboxylic acids is 1. The first-order valence-corrected chi connectivity index (χ1v) is 10.6. The third-order valence-corrected chi connectivity index (χ3v) is 5.99. The van der Waals surface area contributed by atoms with Crippen molar-refractivity contribution in [2.45, 2.75) is 20.8 Å². The van der Waals surface area contributed by atoms with E-state index in [0.29, 0.717) is 17.1 Å². The van der Waals surface area contributed by atoms with Gasteiger partial charge in [0.2, 0.25) is 5.11 Å². The molecule has 10 heteroatoms. The molecule has 1 saturated heterocycles. The fourth-order valence-corrected chi connectivity index (χ4v) is 3.86. The third-order valence-electron chi connectivity index (χ3n) is 5.60. The standard InChI is InChI=1S/C23H21N5O4S/c1-13-7-8-18(9-14(13)2)27-21(30)19(15(3)25-27)11-24-28-20(29)12-26(23(28)33)17-6-4-5-16(10-17)22(31)32/h4-11,19H,12H2,1-3H3,(H,31,32)/b24-11+. The van der Waals surface area contributed by atoms with Gasteiger partial charge in [-0.3, -0.25) is 9.59 Å². The molecular weight excluding hydrogens is 442 g/mol. The number of carboxylic acid groups (broad SMARTS) is 1. The summed E-state index contributed by atoms with van der Waals surface area (Å²) in [5, 5.41) is 20.3. The smallest absolute Gasteiger partial charge is 0.335 e. The first-order chi connectivity index (χ1) is 15.7. The maximum Gasteiger partial charge on any atom is 0.335 e. The van der Waals surface area contributed by atoms with Gasteiger partial charge in [-0.1, -0.05) is 12.1 Å². The minimum atomic E-state index is -1.08. The first kappa shape index (κ1) is 22.3. The summed E-state index contributed by atoms with van der Waals surface area (Å²) in [6.07, 6.45) is 1.36. The Balaban J connectivity index is 1.52. The number of hydrogen-bond donors (Lipinski definition) is 1. The van der Waals surface area contributed by atoms with Gasteiger partial charge in [-0.15, -0.1) is 0 Å². The Hall–Kier alpha value is -3.92. The molecule has 2 aliphatic heterocycles. The minimum Gasteiger partial charge on any atom is -0.478 e. The van der Waals surface area contributed by atoms with Crippen LogP contribution in [0.1, 0.15) is 28.4 Å². The van der Waals surface area contributed by atoms with Gasteiger partial charge in [-0.2, -0.15) is 20.2 Å². The normalized spacial score (nSPS) is 18.6. The number of carbonyl (C=O) groups is 3. The second-order valence-corrected chi connectivity index (χ2v) is 8.20. The zero-order valence-corrected chi connectivity index (χ0v) is 19.0. The monoisotopic (exact) mass is 463 g/mol. The highest BCUT2D eigenvalue weighted by Crippen LogP contribution is 2.26. The number of benzene rings is 2. The average molecular weight is 464 g/mol. The van der Waals surface area contributed by atoms with Gasteiger partial charge in [0.05, 0.1) is 17.0 Å². The molecule has 2 aliphatic rings. The summed E-state index contributed by atoms with van der Waals surface area (Å²) in [6, 6.07) is 11.8. The molecule has 1 atom stereocenters. The number of nitrogens with zero attached hydrogens (tertiary/aromatic N) is 5. The second-order valence-electron chi connectivity index (χ2n) is 7.83. The molecule has 2 aromatic carbocycles. The number of carboxylic acids is 1. The van der Waals surface area contributed by atoms with Gasteiger partial charge in [-0.25, -0.2) is 4.79 Å². The molecule has 2 amide bonds. The van der Waals surface area contributed by atoms with E-state index in [1.165, 1.54) is 28.3 Å². The maximum absolute atomic E-state index is 13.0. The first-order valence-electron chi connectivity index (χ1n) is 10.2. The van der Waals surface area contributed by atoms with Gasteiger partial charge in [0.15, 0.2) is 0 Å². The molecule has 1 N–H and O–H groups in total. The Morgan fingerprint density at radius 1 is 1.12 bits per heavy atom. The number of hydrazone groups is 2. The van der Waals surface area contributed by atoms with E-state index in [1.807, 2.05) is 32.0 Å². The number of hydrogen-bond acceptors (Lipinski definition) is 6. The van der Waals surface area contributed by atoms with Crippen LogP contribution in [-0.2, 0) is 9.59 Å². The summed E-state index contributed by atoms with van der Waals surface area (Å²) < 4.78 is 0. The summed E-state index contributed by atoms with van der Waals surface area (Å²) >= 11 is 5.40. The van der Waals surface area contributed by atoms with Crippen LogP contribution < -0.4 is 9.91 Å². The highest BCUT2D eigenvalue weighted by molar-refractivity contribution is 7.80. The highest BCUT2D eigenvalue weighted by atomic mass is 32.1. The van der Waals surface area contributed by atoms with Crippen molar-refractivity contribution in [3.05, 3.63) is 59.2 Å². The van der Waals surface area contributed by atoms with E-state index < -0.39 is 11.9 Å². The summed E-state index contributed by atoms with van der Waals surface area (Å²) in [7, 11) is 0. The van der Waals surface area contributed by atoms with Crippen molar-refractivity contribution in [2.24, 2.45) is 16.1 Å². The summed E-state index contributed by atoms with van der Waals surface area (Å²) in [6.45, 7) is 5.60. The Morgan fingerprint density at radius 2 is 1.88 bits per heavy atom. The van der Waals surface area contributed by atoms with Gasteiger partial charge in [0, 0.05) is 11.9 Å². The van der Waals surface area contributed by atoms with Crippen LogP contribution in [-0.4, -0.2) is 51.5 Å². The van der Waals surface area contributed by atoms with E-state index in [1.54, 1.807) is 19.1 Å². The lowest BCUT2D eigenvalue weighted by Gasteiger charge is -2.18. The highest BCUT2D eigenvalue weighted by Gasteiger charge is 2.37. The van der Waals surface area contributed by atoms with E-state index in [9.17, 15) is 19.5 Å². The molecule has 0 aromatic heterocycles. The van der Waals surface area contributed by atoms with Crippen LogP contribution in [0.5, 0.6) is 0 Å². The van der Waals surface area contributed by atoms with E-state index in [4.69, 9.17) is 12.2 Å². The number of rotatable bonds is 5. The van der Waals surface area contributed by atoms with Gasteiger partial charge < -0.3 is 10.0 Å². The molecule has 33 heavy (non-hydrogen) atoms. The zero-order chi connectivity index (χ0) is 23.9. The molecular formula is C23H21N5O4S. The van der Waals surface area contributed by atoms with Crippen LogP contribution in [0, 0.1) is 19.8 Å². The van der Waals surface area contributed by atoms with E-state index >= 15 is 0 Å². The van der Waals surface area contributed by atoms with Crippen LogP contribution in [0.15, 0.2) is 52.7 Å². The van der Waals surface area contributed by atoms with E-state index in [2.05, 4.69) is 10.2 Å². The molecule has 0 spiro atoms. The Bertz CT molecular complexity index is 1260. The molecule has 4 rings (SSSR count). The second kappa shape index (κ2) is 8.55. The maximum atomic E-state index is 13.0. The fraction of sp³-hybridized carbons (Fsp3) is 0.217. The summed E-state index contributed by atoms with van der Waals surface area (Å²) in [5.74, 6) is -2.47. The predicted octanol–water partition coefficient (Wildman–Crippen LogP) is 2.96. The summed E-state index contributed by atoms with van der Waals surface area (Å²) in [5.41, 5.74) is 3.93. The number of thiocarbonyl (C=S) groups is 1. The Kier molecular flexibility index (Phi) is 5.77. The number of amides is 2. The molecule has 2 heterocycles. The van der Waals surface area contributed by atoms with Crippen LogP contribution >= 0.6 is 12.2 Å². The van der Waals surface area contributed by atoms with Crippen LogP contribution in [0.3, 0.4) is 0 Å². The van der Waals surface area contributed by atoms with E-state index in [0.717, 1.165) is 16.1 Å². The zero-order valence-electron chi connectivity index (χ0n) is 18.2. The van der Waals surface area contributed by atoms with Gasteiger partial charge >= 0.3 is 5.97 Å². The fourth-order valence-electron chi connectivity index (χ4n) is 3.54. The van der Waals surface area contributed by atoms with E-state index in [-0.39, 0.29) is 29.0 Å². The average Bonchev–Trinajstić information content (AvgIpc) is 3.23. The quantitative estimate of drug-likeness (QED) is 0.540. The number of aryl methyl sites for hydroxylation is 2. The van der Waals surface area contributed by atoms with Crippen molar-refractivity contribution in [2.75, 3.05) is 16.5 Å². The molecule has 1 unspecified atom stereocenters. The molecule has 0 radical (unpaired) electrons. The van der Waals surface area contributed by atoms with Crippen molar-refractivity contribution in [1.29, 1.82) is 0 Å². The molecule has 1 fully saturated rings. The predicted molar refractivity (Wildman–Crippen MR) is 129 cm³/mol. The van der Waals surface area contributed by atoms with Crippen molar-refractivity contribution in [3.8, 4) is 0 Å². The van der Waals surface area contributed by atoms with Crippen LogP contribution in [0.25, 0.3) is 0 Å². The third kappa shape index (κ3) is 4.12. The van der Waals surface area contributed by atoms with Crippen molar-refractivity contribution in [3.63, 3.8) is 0 Å². The molecule has 2 aromatic rings. The SMILES string of the molecule is CC1=NN(c2ccc(C)c(C)c2)C(=O)C1/C=N/N1C(=O)CN(c2cccc(C(=O)O)c2)C1=S. The lowest BCUT2D eigenvalue weighted by atomic mass is 10.1. The molecule has 168 valence electrons. The number of carbonyl (C=O) groups excluding carboxylic acids is 2. The Labute approximate surface area is 195 Å². The molecule has 9 nitrogen and oxygen atoms in total. The van der Waals surface area contributed by atoms with Crippen molar-refractivity contribution >= 4 is 58.4 Å². The van der Waals surface area contributed by atoms with Gasteiger partial charge in [0.1, 0.15) is 12.5 Å². The summed E-state index contributed by atoms with van der Waals surface area (Å²) in [4.78, 5) is 38.3. The van der Waals surface area contributed by atoms with Crippen molar-refractivity contribution in [1.82, 2.24) is 5.01 Å². The van der Waals surface area contributed by atoms with Crippen LogP contribution in [0.2, 0.25) is 0 Å². The lowest BCUT2D eigenvalue weighted by molar-refractivity contribution is -0.124. The van der Waals surface area contributed by atoms with Gasteiger partial charge in [-0.05, 0) is 74.4 Å². The van der Waals surface area contributed by atoms with Crippen LogP contribution in [0.4, 0.5) is 11.4 Å². The number of anilines is 2.